The summed E-state index contributed by atoms with van der Waals surface area (Å²) < 4.78 is 47.3. The molecule has 8 nitrogen and oxygen atoms in total. The van der Waals surface area contributed by atoms with E-state index in [9.17, 15) is 9.65 Å². The quantitative estimate of drug-likeness (QED) is 0.205. The standard InChI is InChI=1S/C26H39ClFN3O5Si2/c1-26(2,3)38(7,8)36-20-14-34-22-19(13-33-23(20)22)35-25-16(12-29)21-18(11-17(28)24(27)30-21)31(25)15-32-9-10-37(4,5)6/h11,19-20,22-23H,9-10,13-15H2,1-8H3/t19-,20-,22-,23-/m1/s1. The van der Waals surface area contributed by atoms with E-state index in [-0.39, 0.29) is 58.8 Å². The fourth-order valence-electron chi connectivity index (χ4n) is 4.41. The largest absolute Gasteiger partial charge is 0.469 e. The molecule has 0 N–H and O–H groups in total. The lowest BCUT2D eigenvalue weighted by Gasteiger charge is -2.39. The molecule has 2 saturated heterocycles. The summed E-state index contributed by atoms with van der Waals surface area (Å²) in [6.45, 7) is 19.1. The second-order valence-corrected chi connectivity index (χ2v) is 23.6. The Morgan fingerprint density at radius 3 is 2.39 bits per heavy atom. The molecule has 0 aromatic carbocycles. The number of hydrogen-bond donors (Lipinski definition) is 0. The molecule has 4 heterocycles. The first-order valence-electron chi connectivity index (χ1n) is 13.1. The van der Waals surface area contributed by atoms with Gasteiger partial charge in [-0.3, -0.25) is 4.57 Å². The lowest BCUT2D eigenvalue weighted by molar-refractivity contribution is 0.00849. The molecule has 0 saturated carbocycles. The molecule has 0 amide bonds. The van der Waals surface area contributed by atoms with Crippen molar-refractivity contribution in [1.82, 2.24) is 9.55 Å². The summed E-state index contributed by atoms with van der Waals surface area (Å²) >= 11 is 5.98. The van der Waals surface area contributed by atoms with Crippen LogP contribution in [0.15, 0.2) is 6.07 Å². The number of ether oxygens (including phenoxy) is 4. The van der Waals surface area contributed by atoms with E-state index in [4.69, 9.17) is 35.0 Å². The van der Waals surface area contributed by atoms with Gasteiger partial charge in [-0.05, 0) is 24.2 Å². The molecule has 4 atom stereocenters. The Bertz CT molecular complexity index is 1220. The van der Waals surface area contributed by atoms with Crippen molar-refractivity contribution in [3.8, 4) is 11.9 Å². The zero-order valence-corrected chi connectivity index (χ0v) is 26.3. The molecule has 0 spiro atoms. The van der Waals surface area contributed by atoms with Crippen LogP contribution in [0.25, 0.3) is 11.0 Å². The second-order valence-electron chi connectivity index (χ2n) is 12.9. The molecule has 2 aliphatic heterocycles. The summed E-state index contributed by atoms with van der Waals surface area (Å²) in [5, 5.41) is 9.80. The highest BCUT2D eigenvalue weighted by Crippen LogP contribution is 2.41. The van der Waals surface area contributed by atoms with Crippen LogP contribution in [-0.4, -0.2) is 70.2 Å². The first-order chi connectivity index (χ1) is 17.6. The monoisotopic (exact) mass is 583 g/mol. The van der Waals surface area contributed by atoms with E-state index in [2.05, 4.69) is 64.6 Å². The average molecular weight is 584 g/mol. The van der Waals surface area contributed by atoms with E-state index < -0.39 is 28.3 Å². The fourth-order valence-corrected chi connectivity index (χ4v) is 6.62. The topological polar surface area (TPSA) is 87.8 Å². The minimum atomic E-state index is -2.03. The van der Waals surface area contributed by atoms with Gasteiger partial charge in [0.15, 0.2) is 25.4 Å². The number of halogens is 2. The third-order valence-corrected chi connectivity index (χ3v) is 14.2. The second kappa shape index (κ2) is 10.8. The number of fused-ring (bicyclic) bond motifs is 2. The lowest BCUT2D eigenvalue weighted by Crippen LogP contribution is -2.47. The third-order valence-electron chi connectivity index (χ3n) is 7.71. The van der Waals surface area contributed by atoms with Crippen molar-refractivity contribution in [3.63, 3.8) is 0 Å². The summed E-state index contributed by atoms with van der Waals surface area (Å²) in [7, 11) is -3.34. The van der Waals surface area contributed by atoms with Crippen molar-refractivity contribution >= 4 is 39.0 Å². The smallest absolute Gasteiger partial charge is 0.217 e. The van der Waals surface area contributed by atoms with E-state index >= 15 is 0 Å². The van der Waals surface area contributed by atoms with Crippen LogP contribution in [0.4, 0.5) is 4.39 Å². The molecule has 0 unspecified atom stereocenters. The molecular formula is C26H39ClFN3O5Si2. The SMILES string of the molecule is CC(C)(C)[Si](C)(C)O[C@@H]1CO[C@H]2[C@@H]1OC[C@H]2Oc1c(C#N)c2nc(Cl)c(F)cc2n1COCC[Si](C)(C)C. The Morgan fingerprint density at radius 1 is 1.16 bits per heavy atom. The summed E-state index contributed by atoms with van der Waals surface area (Å²) in [5.41, 5.74) is 0.823. The van der Waals surface area contributed by atoms with Crippen LogP contribution in [0, 0.1) is 17.1 Å². The van der Waals surface area contributed by atoms with Crippen LogP contribution < -0.4 is 4.74 Å². The van der Waals surface area contributed by atoms with Gasteiger partial charge in [-0.15, -0.1) is 0 Å². The minimum absolute atomic E-state index is 0.0568. The van der Waals surface area contributed by atoms with Gasteiger partial charge in [0.25, 0.3) is 0 Å². The molecular weight excluding hydrogens is 545 g/mol. The van der Waals surface area contributed by atoms with Crippen molar-refractivity contribution < 1.29 is 27.8 Å². The first-order valence-corrected chi connectivity index (χ1v) is 20.1. The molecule has 2 aromatic heterocycles. The van der Waals surface area contributed by atoms with Crippen LogP contribution >= 0.6 is 11.6 Å². The zero-order valence-electron chi connectivity index (χ0n) is 23.6. The van der Waals surface area contributed by atoms with Gasteiger partial charge in [-0.25, -0.2) is 9.37 Å². The molecule has 2 aromatic rings. The highest BCUT2D eigenvalue weighted by Gasteiger charge is 2.52. The van der Waals surface area contributed by atoms with Gasteiger partial charge < -0.3 is 23.4 Å². The van der Waals surface area contributed by atoms with Crippen LogP contribution in [0.5, 0.6) is 5.88 Å². The van der Waals surface area contributed by atoms with Crippen molar-refractivity contribution in [1.29, 1.82) is 5.26 Å². The van der Waals surface area contributed by atoms with Crippen molar-refractivity contribution in [3.05, 3.63) is 22.6 Å². The van der Waals surface area contributed by atoms with Gasteiger partial charge in [-0.1, -0.05) is 52.0 Å². The van der Waals surface area contributed by atoms with Gasteiger partial charge in [0.1, 0.15) is 36.1 Å². The van der Waals surface area contributed by atoms with Crippen molar-refractivity contribution in [2.45, 2.75) is 95.7 Å². The Labute approximate surface area is 231 Å². The predicted octanol–water partition coefficient (Wildman–Crippen LogP) is 5.95. The molecule has 2 fully saturated rings. The van der Waals surface area contributed by atoms with E-state index in [1.165, 1.54) is 6.07 Å². The Morgan fingerprint density at radius 2 is 1.79 bits per heavy atom. The molecule has 12 heteroatoms. The Balaban J connectivity index is 1.59. The molecule has 38 heavy (non-hydrogen) atoms. The van der Waals surface area contributed by atoms with Gasteiger partial charge in [0.2, 0.25) is 5.88 Å². The third kappa shape index (κ3) is 5.96. The average Bonchev–Trinajstić information content (AvgIpc) is 3.45. The fraction of sp³-hybridized carbons (Fsp3) is 0.692. The van der Waals surface area contributed by atoms with Crippen molar-refractivity contribution in [2.75, 3.05) is 19.8 Å². The number of rotatable bonds is 9. The van der Waals surface area contributed by atoms with Crippen molar-refractivity contribution in [2.24, 2.45) is 0 Å². The van der Waals surface area contributed by atoms with Gasteiger partial charge in [0.05, 0.1) is 24.8 Å². The van der Waals surface area contributed by atoms with Gasteiger partial charge in [-0.2, -0.15) is 5.26 Å². The molecule has 0 bridgehead atoms. The predicted molar refractivity (Wildman–Crippen MR) is 149 cm³/mol. The summed E-state index contributed by atoms with van der Waals surface area (Å²) in [6, 6.07) is 4.41. The van der Waals surface area contributed by atoms with E-state index in [0.29, 0.717) is 18.7 Å². The summed E-state index contributed by atoms with van der Waals surface area (Å²) in [6.07, 6.45) is -1.29. The Hall–Kier alpha value is -1.53. The van der Waals surface area contributed by atoms with E-state index in [1.807, 2.05) is 0 Å². The number of hydrogen-bond acceptors (Lipinski definition) is 7. The Kier molecular flexibility index (Phi) is 8.37. The lowest BCUT2D eigenvalue weighted by atomic mass is 10.1. The zero-order chi connectivity index (χ0) is 28.0. The molecule has 0 aliphatic carbocycles. The maximum Gasteiger partial charge on any atom is 0.217 e. The number of nitrogens with zero attached hydrogens (tertiary/aromatic N) is 3. The van der Waals surface area contributed by atoms with Crippen LogP contribution in [-0.2, 0) is 25.4 Å². The van der Waals surface area contributed by atoms with Crippen LogP contribution in [0.2, 0.25) is 49.0 Å². The first kappa shape index (κ1) is 29.5. The number of aromatic nitrogens is 2. The summed E-state index contributed by atoms with van der Waals surface area (Å²) in [5.74, 6) is -0.429. The number of pyridine rings is 1. The van der Waals surface area contributed by atoms with Gasteiger partial charge in [0, 0.05) is 20.7 Å². The summed E-state index contributed by atoms with van der Waals surface area (Å²) in [4.78, 5) is 4.15. The van der Waals surface area contributed by atoms with E-state index in [1.54, 1.807) is 4.57 Å². The molecule has 0 radical (unpaired) electrons. The highest BCUT2D eigenvalue weighted by atomic mass is 35.5. The molecule has 2 aliphatic rings. The molecule has 4 rings (SSSR count). The normalized spacial score (nSPS) is 24.1. The molecule has 210 valence electrons. The van der Waals surface area contributed by atoms with Crippen LogP contribution in [0.3, 0.4) is 0 Å². The van der Waals surface area contributed by atoms with Crippen LogP contribution in [0.1, 0.15) is 26.3 Å². The number of nitriles is 1. The highest BCUT2D eigenvalue weighted by molar-refractivity contribution is 6.76. The minimum Gasteiger partial charge on any atom is -0.469 e. The van der Waals surface area contributed by atoms with Gasteiger partial charge >= 0.3 is 0 Å². The maximum atomic E-state index is 14.4. The van der Waals surface area contributed by atoms with E-state index in [0.717, 1.165) is 6.04 Å². The maximum absolute atomic E-state index is 14.4.